The van der Waals surface area contributed by atoms with Crippen molar-refractivity contribution < 1.29 is 4.84 Å². The normalized spacial score (nSPS) is 11.2. The number of rotatable bonds is 7. The van der Waals surface area contributed by atoms with Gasteiger partial charge in [0.05, 0.1) is 6.61 Å². The minimum atomic E-state index is 0.666. The van der Waals surface area contributed by atoms with Crippen LogP contribution in [0.2, 0.25) is 0 Å². The van der Waals surface area contributed by atoms with Crippen LogP contribution in [-0.2, 0) is 17.9 Å². The first-order chi connectivity index (χ1) is 9.74. The Balaban J connectivity index is 2.00. The fourth-order valence-electron chi connectivity index (χ4n) is 1.94. The number of nitrogens with zero attached hydrogens (tertiary/aromatic N) is 1. The molecule has 1 radical (unpaired) electrons. The van der Waals surface area contributed by atoms with E-state index in [9.17, 15) is 0 Å². The molecule has 2 nitrogen and oxygen atoms in total. The Morgan fingerprint density at radius 1 is 0.800 bits per heavy atom. The summed E-state index contributed by atoms with van der Waals surface area (Å²) in [5, 5.41) is 2.03. The molecule has 2 aromatic rings. The molecule has 2 aromatic carbocycles. The van der Waals surface area contributed by atoms with Gasteiger partial charge in [0.2, 0.25) is 0 Å². The second-order valence-electron chi connectivity index (χ2n) is 5.25. The van der Waals surface area contributed by atoms with Crippen LogP contribution in [0.1, 0.15) is 25.0 Å². The fourth-order valence-corrected chi connectivity index (χ4v) is 1.94. The van der Waals surface area contributed by atoms with E-state index in [-0.39, 0.29) is 0 Å². The average molecular weight is 268 g/mol. The van der Waals surface area contributed by atoms with Gasteiger partial charge in [0.1, 0.15) is 0 Å². The third-order valence-corrected chi connectivity index (χ3v) is 2.94. The van der Waals surface area contributed by atoms with Gasteiger partial charge in [-0.2, -0.15) is 5.06 Å². The van der Waals surface area contributed by atoms with Crippen LogP contribution < -0.4 is 0 Å². The molecule has 0 bridgehead atoms. The molecule has 105 valence electrons. The summed E-state index contributed by atoms with van der Waals surface area (Å²) in [6.45, 7) is 6.43. The van der Waals surface area contributed by atoms with Crippen LogP contribution in [-0.4, -0.2) is 11.7 Å². The molecule has 0 saturated heterocycles. The zero-order chi connectivity index (χ0) is 14.2. The molecule has 20 heavy (non-hydrogen) atoms. The van der Waals surface area contributed by atoms with E-state index >= 15 is 0 Å². The second-order valence-corrected chi connectivity index (χ2v) is 5.25. The highest BCUT2D eigenvalue weighted by molar-refractivity contribution is 5.16. The number of benzene rings is 2. The molecule has 0 fully saturated rings. The van der Waals surface area contributed by atoms with Gasteiger partial charge < -0.3 is 0 Å². The Kier molecular flexibility index (Phi) is 5.78. The van der Waals surface area contributed by atoms with Crippen LogP contribution in [0.15, 0.2) is 60.7 Å². The minimum absolute atomic E-state index is 0.666. The van der Waals surface area contributed by atoms with Crippen LogP contribution in [0.25, 0.3) is 0 Å². The van der Waals surface area contributed by atoms with Gasteiger partial charge in [0.15, 0.2) is 0 Å². The highest BCUT2D eigenvalue weighted by Crippen LogP contribution is 2.11. The molecule has 0 spiro atoms. The van der Waals surface area contributed by atoms with Crippen molar-refractivity contribution in [3.63, 3.8) is 0 Å². The predicted octanol–water partition coefficient (Wildman–Crippen LogP) is 4.23. The maximum atomic E-state index is 5.91. The zero-order valence-electron chi connectivity index (χ0n) is 12.3. The number of hydroxylamine groups is 2. The first-order valence-corrected chi connectivity index (χ1v) is 6.99. The van der Waals surface area contributed by atoms with Crippen LogP contribution in [0.3, 0.4) is 0 Å². The van der Waals surface area contributed by atoms with Crippen molar-refractivity contribution in [3.05, 3.63) is 77.7 Å². The first-order valence-electron chi connectivity index (χ1n) is 6.99. The van der Waals surface area contributed by atoms with Crippen LogP contribution in [0, 0.1) is 5.92 Å². The van der Waals surface area contributed by atoms with Gasteiger partial charge in [-0.15, -0.1) is 0 Å². The van der Waals surface area contributed by atoms with Crippen molar-refractivity contribution in [2.24, 2.45) is 0 Å². The smallest absolute Gasteiger partial charge is 0.0742 e. The second kappa shape index (κ2) is 7.83. The van der Waals surface area contributed by atoms with E-state index in [0.717, 1.165) is 13.1 Å². The Hall–Kier alpha value is -1.64. The van der Waals surface area contributed by atoms with Gasteiger partial charge in [-0.05, 0) is 17.0 Å². The van der Waals surface area contributed by atoms with Crippen molar-refractivity contribution in [3.8, 4) is 0 Å². The molecular formula is C18H22NO. The van der Waals surface area contributed by atoms with Gasteiger partial charge in [-0.1, -0.05) is 74.5 Å². The molecule has 0 saturated carbocycles. The molecule has 0 unspecified atom stereocenters. The Morgan fingerprint density at radius 3 is 1.65 bits per heavy atom. The molecule has 2 heteroatoms. The zero-order valence-corrected chi connectivity index (χ0v) is 12.3. The van der Waals surface area contributed by atoms with Gasteiger partial charge >= 0.3 is 0 Å². The van der Waals surface area contributed by atoms with Gasteiger partial charge in [-0.25, -0.2) is 0 Å². The third-order valence-electron chi connectivity index (χ3n) is 2.94. The van der Waals surface area contributed by atoms with E-state index in [1.807, 2.05) is 17.2 Å². The largest absolute Gasteiger partial charge is 0.298 e. The van der Waals surface area contributed by atoms with Crippen LogP contribution in [0.5, 0.6) is 0 Å². The summed E-state index contributed by atoms with van der Waals surface area (Å²) in [5.41, 5.74) is 2.52. The molecule has 0 aliphatic rings. The summed E-state index contributed by atoms with van der Waals surface area (Å²) in [4.78, 5) is 5.91. The van der Waals surface area contributed by atoms with Gasteiger partial charge in [0.25, 0.3) is 0 Å². The van der Waals surface area contributed by atoms with Crippen molar-refractivity contribution in [1.82, 2.24) is 5.06 Å². The quantitative estimate of drug-likeness (QED) is 0.697. The van der Waals surface area contributed by atoms with Gasteiger partial charge in [0, 0.05) is 13.1 Å². The Morgan fingerprint density at radius 2 is 1.25 bits per heavy atom. The van der Waals surface area contributed by atoms with Crippen molar-refractivity contribution >= 4 is 0 Å². The van der Waals surface area contributed by atoms with E-state index < -0.39 is 0 Å². The average Bonchev–Trinajstić information content (AvgIpc) is 2.47. The lowest BCUT2D eigenvalue weighted by Gasteiger charge is -2.23. The SMILES string of the molecule is C[C](C)CON(Cc1ccccc1)Cc1ccccc1. The summed E-state index contributed by atoms with van der Waals surface area (Å²) in [5.74, 6) is 1.27. The standard InChI is InChI=1S/C18H22NO/c1-16(2)15-20-19(13-17-9-5-3-6-10-17)14-18-11-7-4-8-12-18/h3-12H,13-15H2,1-2H3. The topological polar surface area (TPSA) is 12.5 Å². The van der Waals surface area contributed by atoms with E-state index in [2.05, 4.69) is 62.4 Å². The fraction of sp³-hybridized carbons (Fsp3) is 0.278. The maximum Gasteiger partial charge on any atom is 0.0742 e. The maximum absolute atomic E-state index is 5.91. The third kappa shape index (κ3) is 5.16. The molecular weight excluding hydrogens is 246 g/mol. The lowest BCUT2D eigenvalue weighted by Crippen LogP contribution is -2.25. The number of hydrogen-bond acceptors (Lipinski definition) is 2. The van der Waals surface area contributed by atoms with E-state index in [1.165, 1.54) is 17.0 Å². The molecule has 0 atom stereocenters. The minimum Gasteiger partial charge on any atom is -0.298 e. The molecule has 0 N–H and O–H groups in total. The van der Waals surface area contributed by atoms with Crippen LogP contribution >= 0.6 is 0 Å². The summed E-state index contributed by atoms with van der Waals surface area (Å²) in [6, 6.07) is 20.8. The van der Waals surface area contributed by atoms with E-state index in [1.54, 1.807) is 0 Å². The highest BCUT2D eigenvalue weighted by atomic mass is 16.7. The van der Waals surface area contributed by atoms with Crippen molar-refractivity contribution in [2.45, 2.75) is 26.9 Å². The Bertz CT molecular complexity index is 440. The Labute approximate surface area is 122 Å². The van der Waals surface area contributed by atoms with Crippen molar-refractivity contribution in [1.29, 1.82) is 0 Å². The summed E-state index contributed by atoms with van der Waals surface area (Å²) < 4.78 is 0. The predicted molar refractivity (Wildman–Crippen MR) is 82.7 cm³/mol. The monoisotopic (exact) mass is 268 g/mol. The summed E-state index contributed by atoms with van der Waals surface area (Å²) in [6.07, 6.45) is 0. The molecule has 0 aromatic heterocycles. The van der Waals surface area contributed by atoms with E-state index in [0.29, 0.717) is 6.61 Å². The lowest BCUT2D eigenvalue weighted by atomic mass is 10.2. The molecule has 0 amide bonds. The number of hydrogen-bond donors (Lipinski definition) is 0. The van der Waals surface area contributed by atoms with E-state index in [4.69, 9.17) is 4.84 Å². The first kappa shape index (κ1) is 14.8. The van der Waals surface area contributed by atoms with Crippen molar-refractivity contribution in [2.75, 3.05) is 6.61 Å². The molecule has 0 aliphatic carbocycles. The molecule has 2 rings (SSSR count). The van der Waals surface area contributed by atoms with Crippen LogP contribution in [0.4, 0.5) is 0 Å². The summed E-state index contributed by atoms with van der Waals surface area (Å²) >= 11 is 0. The van der Waals surface area contributed by atoms with Gasteiger partial charge in [-0.3, -0.25) is 4.84 Å². The molecule has 0 heterocycles. The molecule has 0 aliphatic heterocycles. The highest BCUT2D eigenvalue weighted by Gasteiger charge is 2.09. The summed E-state index contributed by atoms with van der Waals surface area (Å²) in [7, 11) is 0. The lowest BCUT2D eigenvalue weighted by molar-refractivity contribution is -0.169.